The number of imidazole rings is 1. The van der Waals surface area contributed by atoms with Crippen molar-refractivity contribution in [2.45, 2.75) is 45.1 Å². The van der Waals surface area contributed by atoms with E-state index < -0.39 is 0 Å². The minimum Gasteiger partial charge on any atom is -0.324 e. The van der Waals surface area contributed by atoms with Gasteiger partial charge in [-0.3, -0.25) is 0 Å². The summed E-state index contributed by atoms with van der Waals surface area (Å²) in [6.45, 7) is 0.986. The van der Waals surface area contributed by atoms with E-state index in [1.807, 2.05) is 18.2 Å². The van der Waals surface area contributed by atoms with E-state index in [1.54, 1.807) is 6.07 Å². The largest absolute Gasteiger partial charge is 0.324 e. The normalized spacial score (nSPS) is 15.8. The van der Waals surface area contributed by atoms with E-state index in [0.717, 1.165) is 29.4 Å². The summed E-state index contributed by atoms with van der Waals surface area (Å²) in [5.41, 5.74) is 3.15. The highest BCUT2D eigenvalue weighted by atomic mass is 35.5. The molecule has 0 aliphatic heterocycles. The lowest BCUT2D eigenvalue weighted by Gasteiger charge is -2.22. The zero-order valence-corrected chi connectivity index (χ0v) is 15.7. The van der Waals surface area contributed by atoms with Crippen LogP contribution in [0.5, 0.6) is 0 Å². The summed E-state index contributed by atoms with van der Waals surface area (Å²) in [6, 6.07) is 14.0. The maximum Gasteiger partial charge on any atom is 0.142 e. The van der Waals surface area contributed by atoms with E-state index in [1.165, 1.54) is 44.0 Å². The lowest BCUT2D eigenvalue weighted by molar-refractivity contribution is 0.326. The van der Waals surface area contributed by atoms with Gasteiger partial charge in [-0.1, -0.05) is 67.4 Å². The Balaban J connectivity index is 1.72. The van der Waals surface area contributed by atoms with Crippen LogP contribution < -0.4 is 0 Å². The first-order valence-electron chi connectivity index (χ1n) is 9.13. The van der Waals surface area contributed by atoms with Crippen molar-refractivity contribution < 1.29 is 0 Å². The van der Waals surface area contributed by atoms with Gasteiger partial charge in [0.15, 0.2) is 0 Å². The molecule has 0 bridgehead atoms. The number of nitrogens with zero attached hydrogens (tertiary/aromatic N) is 2. The van der Waals surface area contributed by atoms with Gasteiger partial charge in [-0.05, 0) is 42.7 Å². The molecule has 0 spiro atoms. The second kappa shape index (κ2) is 7.39. The minimum atomic E-state index is 0.651. The zero-order chi connectivity index (χ0) is 17.2. The number of fused-ring (bicyclic) bond motifs is 1. The average molecular weight is 373 g/mol. The number of aryl methyl sites for hydroxylation is 1. The maximum atomic E-state index is 6.47. The Bertz CT molecular complexity index is 879. The molecule has 1 fully saturated rings. The molecule has 4 heteroatoms. The molecule has 2 nitrogen and oxygen atoms in total. The Morgan fingerprint density at radius 3 is 2.60 bits per heavy atom. The highest BCUT2D eigenvalue weighted by molar-refractivity contribution is 6.36. The molecule has 1 saturated carbocycles. The van der Waals surface area contributed by atoms with E-state index in [4.69, 9.17) is 28.2 Å². The standard InChI is InChI=1S/C21H22Cl2N2/c22-16-10-11-17(18(23)14-16)21-24-19-8-4-5-9-20(19)25(21)13-12-15-6-2-1-3-7-15/h4-5,8-11,14-15H,1-3,6-7,12-13H2. The molecule has 1 aliphatic rings. The van der Waals surface area contributed by atoms with Gasteiger partial charge in [-0.15, -0.1) is 0 Å². The van der Waals surface area contributed by atoms with Gasteiger partial charge in [0.1, 0.15) is 5.82 Å². The van der Waals surface area contributed by atoms with Crippen LogP contribution >= 0.6 is 23.2 Å². The number of rotatable bonds is 4. The van der Waals surface area contributed by atoms with Crippen molar-refractivity contribution in [1.82, 2.24) is 9.55 Å². The van der Waals surface area contributed by atoms with Crippen LogP contribution in [0.2, 0.25) is 10.0 Å². The lowest BCUT2D eigenvalue weighted by Crippen LogP contribution is -2.11. The van der Waals surface area contributed by atoms with E-state index >= 15 is 0 Å². The van der Waals surface area contributed by atoms with Crippen LogP contribution in [0.15, 0.2) is 42.5 Å². The second-order valence-electron chi connectivity index (χ2n) is 6.99. The third kappa shape index (κ3) is 3.56. The second-order valence-corrected chi connectivity index (χ2v) is 7.84. The SMILES string of the molecule is Clc1ccc(-c2nc3ccccc3n2CCC2CCCCC2)c(Cl)c1. The van der Waals surface area contributed by atoms with E-state index in [9.17, 15) is 0 Å². The minimum absolute atomic E-state index is 0.651. The molecule has 0 atom stereocenters. The molecule has 2 aromatic carbocycles. The number of hydrogen-bond acceptors (Lipinski definition) is 1. The first-order valence-corrected chi connectivity index (χ1v) is 9.88. The highest BCUT2D eigenvalue weighted by Gasteiger charge is 2.18. The Kier molecular flexibility index (Phi) is 5.00. The van der Waals surface area contributed by atoms with Crippen LogP contribution in [0.1, 0.15) is 38.5 Å². The molecule has 0 N–H and O–H groups in total. The lowest BCUT2D eigenvalue weighted by atomic mass is 9.87. The smallest absolute Gasteiger partial charge is 0.142 e. The molecule has 1 aromatic heterocycles. The van der Waals surface area contributed by atoms with E-state index in [-0.39, 0.29) is 0 Å². The first-order chi connectivity index (χ1) is 12.2. The fourth-order valence-corrected chi connectivity index (χ4v) is 4.46. The number of hydrogen-bond donors (Lipinski definition) is 0. The number of aromatic nitrogens is 2. The van der Waals surface area contributed by atoms with Crippen LogP contribution in [0.3, 0.4) is 0 Å². The number of halogens is 2. The van der Waals surface area contributed by atoms with Crippen molar-refractivity contribution in [2.75, 3.05) is 0 Å². The third-order valence-electron chi connectivity index (χ3n) is 5.31. The van der Waals surface area contributed by atoms with Crippen molar-refractivity contribution in [2.24, 2.45) is 5.92 Å². The first kappa shape index (κ1) is 16.9. The van der Waals surface area contributed by atoms with Crippen molar-refractivity contribution in [3.05, 3.63) is 52.5 Å². The fourth-order valence-electron chi connectivity index (χ4n) is 3.97. The molecule has 4 rings (SSSR count). The summed E-state index contributed by atoms with van der Waals surface area (Å²) in [5.74, 6) is 1.78. The van der Waals surface area contributed by atoms with Crippen LogP contribution in [0.25, 0.3) is 22.4 Å². The Morgan fingerprint density at radius 1 is 1.00 bits per heavy atom. The molecular formula is C21H22Cl2N2. The summed E-state index contributed by atoms with van der Waals surface area (Å²) >= 11 is 12.5. The molecule has 0 saturated heterocycles. The summed E-state index contributed by atoms with van der Waals surface area (Å²) in [5, 5.41) is 1.31. The Hall–Kier alpha value is -1.51. The van der Waals surface area contributed by atoms with Gasteiger partial charge in [-0.25, -0.2) is 4.98 Å². The maximum absolute atomic E-state index is 6.47. The summed E-state index contributed by atoms with van der Waals surface area (Å²) < 4.78 is 2.33. The summed E-state index contributed by atoms with van der Waals surface area (Å²) in [4.78, 5) is 4.87. The van der Waals surface area contributed by atoms with Crippen molar-refractivity contribution in [3.8, 4) is 11.4 Å². The van der Waals surface area contributed by atoms with E-state index in [0.29, 0.717) is 10.0 Å². The van der Waals surface area contributed by atoms with Gasteiger partial charge in [0, 0.05) is 17.1 Å². The van der Waals surface area contributed by atoms with Gasteiger partial charge in [0.25, 0.3) is 0 Å². The van der Waals surface area contributed by atoms with Crippen LogP contribution in [-0.2, 0) is 6.54 Å². The van der Waals surface area contributed by atoms with Gasteiger partial charge in [0.05, 0.1) is 16.1 Å². The quantitative estimate of drug-likeness (QED) is 0.482. The van der Waals surface area contributed by atoms with Crippen LogP contribution in [-0.4, -0.2) is 9.55 Å². The van der Waals surface area contributed by atoms with Gasteiger partial charge in [-0.2, -0.15) is 0 Å². The topological polar surface area (TPSA) is 17.8 Å². The highest BCUT2D eigenvalue weighted by Crippen LogP contribution is 2.33. The average Bonchev–Trinajstić information content (AvgIpc) is 2.99. The number of benzene rings is 2. The van der Waals surface area contributed by atoms with E-state index in [2.05, 4.69) is 22.8 Å². The molecule has 3 aromatic rings. The number of para-hydroxylation sites is 2. The third-order valence-corrected chi connectivity index (χ3v) is 5.86. The molecule has 1 heterocycles. The van der Waals surface area contributed by atoms with Gasteiger partial charge >= 0.3 is 0 Å². The van der Waals surface area contributed by atoms with Gasteiger partial charge in [0.2, 0.25) is 0 Å². The molecule has 25 heavy (non-hydrogen) atoms. The van der Waals surface area contributed by atoms with Crippen LogP contribution in [0, 0.1) is 5.92 Å². The van der Waals surface area contributed by atoms with Crippen molar-refractivity contribution in [1.29, 1.82) is 0 Å². The Morgan fingerprint density at radius 2 is 1.80 bits per heavy atom. The van der Waals surface area contributed by atoms with Crippen LogP contribution in [0.4, 0.5) is 0 Å². The molecule has 1 aliphatic carbocycles. The molecule has 0 radical (unpaired) electrons. The Labute approximate surface area is 158 Å². The molecular weight excluding hydrogens is 351 g/mol. The zero-order valence-electron chi connectivity index (χ0n) is 14.2. The molecule has 130 valence electrons. The van der Waals surface area contributed by atoms with Crippen molar-refractivity contribution in [3.63, 3.8) is 0 Å². The monoisotopic (exact) mass is 372 g/mol. The summed E-state index contributed by atoms with van der Waals surface area (Å²) in [6.07, 6.45) is 8.10. The predicted molar refractivity (Wildman–Crippen MR) is 106 cm³/mol. The fraction of sp³-hybridized carbons (Fsp3) is 0.381. The molecule has 0 unspecified atom stereocenters. The molecule has 0 amide bonds. The van der Waals surface area contributed by atoms with Crippen molar-refractivity contribution >= 4 is 34.2 Å². The summed E-state index contributed by atoms with van der Waals surface area (Å²) in [7, 11) is 0. The van der Waals surface area contributed by atoms with Gasteiger partial charge < -0.3 is 4.57 Å². The predicted octanol–water partition coefficient (Wildman–Crippen LogP) is 6.98.